The molecule has 1 aliphatic rings. The highest BCUT2D eigenvalue weighted by Crippen LogP contribution is 2.18. The maximum atomic E-state index is 11.5. The van der Waals surface area contributed by atoms with Gasteiger partial charge in [-0.15, -0.1) is 0 Å². The molecule has 0 aromatic rings. The van der Waals surface area contributed by atoms with E-state index in [0.29, 0.717) is 6.42 Å². The van der Waals surface area contributed by atoms with Gasteiger partial charge in [-0.3, -0.25) is 4.79 Å². The number of nitrogens with two attached hydrogens (primary N) is 1. The van der Waals surface area contributed by atoms with Crippen LogP contribution in [0.1, 0.15) is 20.3 Å². The third-order valence-corrected chi connectivity index (χ3v) is 2.83. The number of rotatable bonds is 4. The quantitative estimate of drug-likeness (QED) is 0.557. The zero-order chi connectivity index (χ0) is 12.3. The fourth-order valence-corrected chi connectivity index (χ4v) is 1.63. The summed E-state index contributed by atoms with van der Waals surface area (Å²) < 4.78 is 5.16. The lowest BCUT2D eigenvalue weighted by atomic mass is 10.1. The number of aliphatic hydroxyl groups excluding tert-OH is 1. The zero-order valence-corrected chi connectivity index (χ0v) is 9.67. The van der Waals surface area contributed by atoms with E-state index < -0.39 is 12.0 Å². The standard InChI is InChI=1S/C10H20N2O4/c1-6(2)9(11)10(14)16-8-3-7(5-13)12(15)4-8/h6-9,13,15H,3-5,11H2,1-2H3. The fraction of sp³-hybridized carbons (Fsp3) is 0.900. The lowest BCUT2D eigenvalue weighted by molar-refractivity contribution is -0.153. The number of aliphatic hydroxyl groups is 1. The van der Waals surface area contributed by atoms with Crippen LogP contribution in [-0.4, -0.2) is 52.7 Å². The van der Waals surface area contributed by atoms with Crippen LogP contribution in [-0.2, 0) is 9.53 Å². The molecule has 0 aromatic carbocycles. The normalized spacial score (nSPS) is 28.4. The molecule has 0 aliphatic carbocycles. The Kier molecular flexibility index (Phi) is 4.67. The molecule has 3 unspecified atom stereocenters. The van der Waals surface area contributed by atoms with Crippen LogP contribution in [0, 0.1) is 5.92 Å². The van der Waals surface area contributed by atoms with Crippen LogP contribution in [0.4, 0.5) is 0 Å². The molecule has 0 spiro atoms. The summed E-state index contributed by atoms with van der Waals surface area (Å²) >= 11 is 0. The van der Waals surface area contributed by atoms with Crippen molar-refractivity contribution in [2.75, 3.05) is 13.2 Å². The Morgan fingerprint density at radius 3 is 2.69 bits per heavy atom. The maximum Gasteiger partial charge on any atom is 0.323 e. The van der Waals surface area contributed by atoms with Gasteiger partial charge in [0.05, 0.1) is 19.2 Å². The minimum Gasteiger partial charge on any atom is -0.460 e. The molecule has 1 saturated heterocycles. The predicted octanol–water partition coefficient (Wildman–Crippen LogP) is -0.663. The third-order valence-electron chi connectivity index (χ3n) is 2.83. The Balaban J connectivity index is 2.42. The summed E-state index contributed by atoms with van der Waals surface area (Å²) in [4.78, 5) is 11.5. The van der Waals surface area contributed by atoms with Gasteiger partial charge in [-0.1, -0.05) is 13.8 Å². The average Bonchev–Trinajstić information content (AvgIpc) is 2.57. The van der Waals surface area contributed by atoms with Gasteiger partial charge in [0.2, 0.25) is 0 Å². The van der Waals surface area contributed by atoms with E-state index >= 15 is 0 Å². The molecule has 0 saturated carbocycles. The topological polar surface area (TPSA) is 96.0 Å². The average molecular weight is 232 g/mol. The van der Waals surface area contributed by atoms with Gasteiger partial charge in [0, 0.05) is 6.42 Å². The molecule has 4 N–H and O–H groups in total. The number of carbonyl (C=O) groups is 1. The smallest absolute Gasteiger partial charge is 0.323 e. The number of carbonyl (C=O) groups excluding carboxylic acids is 1. The van der Waals surface area contributed by atoms with Crippen molar-refractivity contribution >= 4 is 5.97 Å². The van der Waals surface area contributed by atoms with Crippen molar-refractivity contribution in [3.8, 4) is 0 Å². The molecule has 1 rings (SSSR count). The number of hydrogen-bond acceptors (Lipinski definition) is 6. The molecule has 16 heavy (non-hydrogen) atoms. The molecule has 0 amide bonds. The van der Waals surface area contributed by atoms with Crippen molar-refractivity contribution in [2.45, 2.75) is 38.5 Å². The monoisotopic (exact) mass is 232 g/mol. The summed E-state index contributed by atoms with van der Waals surface area (Å²) in [6.07, 6.45) is 0.0447. The summed E-state index contributed by atoms with van der Waals surface area (Å²) in [5.74, 6) is -0.431. The first kappa shape index (κ1) is 13.4. The largest absolute Gasteiger partial charge is 0.460 e. The molecule has 1 heterocycles. The molecule has 94 valence electrons. The van der Waals surface area contributed by atoms with Crippen molar-refractivity contribution < 1.29 is 19.8 Å². The molecule has 1 fully saturated rings. The number of hydroxylamine groups is 2. The van der Waals surface area contributed by atoms with Gasteiger partial charge in [-0.2, -0.15) is 5.06 Å². The van der Waals surface area contributed by atoms with Gasteiger partial charge < -0.3 is 20.8 Å². The summed E-state index contributed by atoms with van der Waals surface area (Å²) in [7, 11) is 0. The first-order valence-corrected chi connectivity index (χ1v) is 5.48. The molecular weight excluding hydrogens is 212 g/mol. The molecule has 0 aromatic heterocycles. The van der Waals surface area contributed by atoms with E-state index in [1.54, 1.807) is 0 Å². The summed E-state index contributed by atoms with van der Waals surface area (Å²) in [5.41, 5.74) is 5.64. The molecule has 6 heteroatoms. The number of hydrogen-bond donors (Lipinski definition) is 3. The van der Waals surface area contributed by atoms with Crippen molar-refractivity contribution in [2.24, 2.45) is 11.7 Å². The molecule has 6 nitrogen and oxygen atoms in total. The first-order chi connectivity index (χ1) is 7.45. The second kappa shape index (κ2) is 5.58. The van der Waals surface area contributed by atoms with Crippen LogP contribution in [0.15, 0.2) is 0 Å². The van der Waals surface area contributed by atoms with E-state index in [9.17, 15) is 10.0 Å². The van der Waals surface area contributed by atoms with E-state index in [0.717, 1.165) is 5.06 Å². The second-order valence-corrected chi connectivity index (χ2v) is 4.52. The van der Waals surface area contributed by atoms with Crippen LogP contribution >= 0.6 is 0 Å². The van der Waals surface area contributed by atoms with Gasteiger partial charge in [-0.25, -0.2) is 0 Å². The maximum absolute atomic E-state index is 11.5. The van der Waals surface area contributed by atoms with Crippen LogP contribution in [0.5, 0.6) is 0 Å². The Morgan fingerprint density at radius 1 is 1.62 bits per heavy atom. The van der Waals surface area contributed by atoms with Crippen LogP contribution in [0.25, 0.3) is 0 Å². The van der Waals surface area contributed by atoms with Gasteiger partial charge >= 0.3 is 5.97 Å². The van der Waals surface area contributed by atoms with E-state index in [1.807, 2.05) is 13.8 Å². The SMILES string of the molecule is CC(C)C(N)C(=O)OC1CC(CO)N(O)C1. The lowest BCUT2D eigenvalue weighted by Gasteiger charge is -2.17. The molecule has 1 aliphatic heterocycles. The van der Waals surface area contributed by atoms with Crippen molar-refractivity contribution in [1.82, 2.24) is 5.06 Å². The Hall–Kier alpha value is -0.690. The first-order valence-electron chi connectivity index (χ1n) is 5.48. The third kappa shape index (κ3) is 3.15. The Labute approximate surface area is 94.9 Å². The van der Waals surface area contributed by atoms with E-state index in [4.69, 9.17) is 15.6 Å². The van der Waals surface area contributed by atoms with E-state index in [2.05, 4.69) is 0 Å². The highest BCUT2D eigenvalue weighted by Gasteiger charge is 2.34. The number of nitrogens with zero attached hydrogens (tertiary/aromatic N) is 1. The summed E-state index contributed by atoms with van der Waals surface area (Å²) in [6, 6.07) is -0.992. The van der Waals surface area contributed by atoms with Crippen molar-refractivity contribution in [1.29, 1.82) is 0 Å². The highest BCUT2D eigenvalue weighted by molar-refractivity contribution is 5.76. The van der Waals surface area contributed by atoms with Gasteiger partial charge in [0.25, 0.3) is 0 Å². The van der Waals surface area contributed by atoms with Crippen molar-refractivity contribution in [3.05, 3.63) is 0 Å². The predicted molar refractivity (Wildman–Crippen MR) is 56.7 cm³/mol. The van der Waals surface area contributed by atoms with Crippen LogP contribution in [0.2, 0.25) is 0 Å². The minimum atomic E-state index is -0.639. The van der Waals surface area contributed by atoms with E-state index in [1.165, 1.54) is 0 Å². The molecule has 3 atom stereocenters. The molecular formula is C10H20N2O4. The summed E-state index contributed by atoms with van der Waals surface area (Å²) in [6.45, 7) is 3.76. The fourth-order valence-electron chi connectivity index (χ4n) is 1.63. The minimum absolute atomic E-state index is 0.0211. The summed E-state index contributed by atoms with van der Waals surface area (Å²) in [5, 5.41) is 19.3. The molecule has 0 radical (unpaired) electrons. The Bertz CT molecular complexity index is 247. The van der Waals surface area contributed by atoms with Gasteiger partial charge in [0.1, 0.15) is 12.1 Å². The van der Waals surface area contributed by atoms with Crippen molar-refractivity contribution in [3.63, 3.8) is 0 Å². The van der Waals surface area contributed by atoms with E-state index in [-0.39, 0.29) is 31.2 Å². The van der Waals surface area contributed by atoms with Crippen LogP contribution in [0.3, 0.4) is 0 Å². The zero-order valence-electron chi connectivity index (χ0n) is 9.67. The van der Waals surface area contributed by atoms with Crippen LogP contribution < -0.4 is 5.73 Å². The Morgan fingerprint density at radius 2 is 2.25 bits per heavy atom. The van der Waals surface area contributed by atoms with Gasteiger partial charge in [-0.05, 0) is 5.92 Å². The second-order valence-electron chi connectivity index (χ2n) is 4.52. The number of esters is 1. The molecule has 0 bridgehead atoms. The highest BCUT2D eigenvalue weighted by atomic mass is 16.6. The number of ether oxygens (including phenoxy) is 1. The lowest BCUT2D eigenvalue weighted by Crippen LogP contribution is -2.39. The van der Waals surface area contributed by atoms with Gasteiger partial charge in [0.15, 0.2) is 0 Å².